The average Bonchev–Trinajstić information content (AvgIpc) is 3.05. The Hall–Kier alpha value is -2.93. The lowest BCUT2D eigenvalue weighted by atomic mass is 10.1. The van der Waals surface area contributed by atoms with E-state index >= 15 is 0 Å². The van der Waals surface area contributed by atoms with E-state index in [4.69, 9.17) is 4.74 Å². The summed E-state index contributed by atoms with van der Waals surface area (Å²) in [5.41, 5.74) is 3.42. The van der Waals surface area contributed by atoms with Crippen LogP contribution >= 0.6 is 11.3 Å². The fraction of sp³-hybridized carbons (Fsp3) is 0.118. The van der Waals surface area contributed by atoms with Crippen LogP contribution in [0.25, 0.3) is 11.3 Å². The van der Waals surface area contributed by atoms with Crippen molar-refractivity contribution in [1.82, 2.24) is 9.97 Å². The minimum Gasteiger partial charge on any atom is -0.450 e. The number of amides is 1. The van der Waals surface area contributed by atoms with Crippen LogP contribution in [0, 0.1) is 0 Å². The number of rotatable bonds is 5. The SMILES string of the molecule is CCOC(=O)Nc1ccc(-c2csc(Nc3cccnc3)n2)cc1. The molecule has 0 radical (unpaired) electrons. The lowest BCUT2D eigenvalue weighted by molar-refractivity contribution is 0.168. The van der Waals surface area contributed by atoms with Crippen molar-refractivity contribution in [3.8, 4) is 11.3 Å². The number of nitrogens with zero attached hydrogens (tertiary/aromatic N) is 2. The van der Waals surface area contributed by atoms with E-state index < -0.39 is 6.09 Å². The first-order chi connectivity index (χ1) is 11.7. The summed E-state index contributed by atoms with van der Waals surface area (Å²) in [5.74, 6) is 0. The molecule has 24 heavy (non-hydrogen) atoms. The molecule has 3 aromatic rings. The molecule has 0 bridgehead atoms. The van der Waals surface area contributed by atoms with E-state index in [1.165, 1.54) is 11.3 Å². The molecule has 0 saturated carbocycles. The van der Waals surface area contributed by atoms with Crippen LogP contribution in [0.15, 0.2) is 54.2 Å². The lowest BCUT2D eigenvalue weighted by Gasteiger charge is -2.05. The molecule has 1 amide bonds. The number of anilines is 3. The first-order valence-electron chi connectivity index (χ1n) is 7.41. The first kappa shape index (κ1) is 15.9. The Labute approximate surface area is 143 Å². The van der Waals surface area contributed by atoms with Crippen LogP contribution in [0.1, 0.15) is 6.92 Å². The molecule has 0 aliphatic heterocycles. The summed E-state index contributed by atoms with van der Waals surface area (Å²) < 4.78 is 4.85. The van der Waals surface area contributed by atoms with Gasteiger partial charge in [-0.15, -0.1) is 11.3 Å². The topological polar surface area (TPSA) is 76.1 Å². The minimum atomic E-state index is -0.457. The molecule has 0 aliphatic carbocycles. The number of carbonyl (C=O) groups excluding carboxylic acids is 1. The van der Waals surface area contributed by atoms with Gasteiger partial charge in [0.2, 0.25) is 0 Å². The highest BCUT2D eigenvalue weighted by atomic mass is 32.1. The number of pyridine rings is 1. The standard InChI is InChI=1S/C17H16N4O2S/c1-2-23-17(22)20-13-7-5-12(6-8-13)15-11-24-16(21-15)19-14-4-3-9-18-10-14/h3-11H,2H2,1H3,(H,19,21)(H,20,22). The van der Waals surface area contributed by atoms with E-state index in [1.54, 1.807) is 19.3 Å². The van der Waals surface area contributed by atoms with Crippen molar-refractivity contribution in [2.75, 3.05) is 17.2 Å². The molecule has 2 aromatic heterocycles. The maximum atomic E-state index is 11.4. The summed E-state index contributed by atoms with van der Waals surface area (Å²) in [6.07, 6.45) is 3.02. The van der Waals surface area contributed by atoms with Gasteiger partial charge in [-0.1, -0.05) is 12.1 Å². The predicted octanol–water partition coefficient (Wildman–Crippen LogP) is 4.52. The second kappa shape index (κ2) is 7.56. The maximum absolute atomic E-state index is 11.4. The monoisotopic (exact) mass is 340 g/mol. The van der Waals surface area contributed by atoms with Crippen molar-refractivity contribution in [2.45, 2.75) is 6.92 Å². The summed E-state index contributed by atoms with van der Waals surface area (Å²) in [6, 6.07) is 11.3. The van der Waals surface area contributed by atoms with E-state index in [2.05, 4.69) is 20.6 Å². The van der Waals surface area contributed by atoms with Crippen molar-refractivity contribution in [1.29, 1.82) is 0 Å². The Kier molecular flexibility index (Phi) is 5.02. The molecule has 0 aliphatic rings. The first-order valence-corrected chi connectivity index (χ1v) is 8.29. The van der Waals surface area contributed by atoms with Gasteiger partial charge in [0, 0.05) is 22.8 Å². The van der Waals surface area contributed by atoms with Gasteiger partial charge >= 0.3 is 6.09 Å². The molecule has 0 fully saturated rings. The molecule has 2 N–H and O–H groups in total. The third-order valence-corrected chi connectivity index (χ3v) is 3.88. The molecule has 7 heteroatoms. The number of hydrogen-bond donors (Lipinski definition) is 2. The largest absolute Gasteiger partial charge is 0.450 e. The highest BCUT2D eigenvalue weighted by molar-refractivity contribution is 7.14. The highest BCUT2D eigenvalue weighted by Gasteiger charge is 2.06. The minimum absolute atomic E-state index is 0.343. The number of thiazole rings is 1. The quantitative estimate of drug-likeness (QED) is 0.714. The predicted molar refractivity (Wildman–Crippen MR) is 95.7 cm³/mol. The third kappa shape index (κ3) is 4.08. The molecule has 1 aromatic carbocycles. The third-order valence-electron chi connectivity index (χ3n) is 3.12. The van der Waals surface area contributed by atoms with Crippen LogP contribution in [-0.4, -0.2) is 22.7 Å². The fourth-order valence-electron chi connectivity index (χ4n) is 2.03. The zero-order valence-corrected chi connectivity index (χ0v) is 13.8. The number of carbonyl (C=O) groups is 1. The molecule has 0 saturated heterocycles. The molecule has 6 nitrogen and oxygen atoms in total. The van der Waals surface area contributed by atoms with Crippen LogP contribution in [0.3, 0.4) is 0 Å². The fourth-order valence-corrected chi connectivity index (χ4v) is 2.77. The Morgan fingerprint density at radius 1 is 1.21 bits per heavy atom. The van der Waals surface area contributed by atoms with Gasteiger partial charge in [0.25, 0.3) is 0 Å². The Morgan fingerprint density at radius 3 is 2.75 bits per heavy atom. The molecule has 0 unspecified atom stereocenters. The van der Waals surface area contributed by atoms with Crippen molar-refractivity contribution in [3.05, 3.63) is 54.2 Å². The van der Waals surface area contributed by atoms with Crippen LogP contribution in [0.4, 0.5) is 21.3 Å². The van der Waals surface area contributed by atoms with Crippen LogP contribution in [0.5, 0.6) is 0 Å². The van der Waals surface area contributed by atoms with Gasteiger partial charge in [0.15, 0.2) is 5.13 Å². The van der Waals surface area contributed by atoms with Crippen molar-refractivity contribution in [3.63, 3.8) is 0 Å². The summed E-state index contributed by atoms with van der Waals surface area (Å²) in [4.78, 5) is 20.0. The second-order valence-electron chi connectivity index (χ2n) is 4.83. The van der Waals surface area contributed by atoms with Crippen molar-refractivity contribution >= 4 is 33.9 Å². The molecular formula is C17H16N4O2S. The number of hydrogen-bond acceptors (Lipinski definition) is 6. The van der Waals surface area contributed by atoms with E-state index in [1.807, 2.05) is 41.8 Å². The van der Waals surface area contributed by atoms with Crippen molar-refractivity contribution in [2.24, 2.45) is 0 Å². The van der Waals surface area contributed by atoms with Gasteiger partial charge in [0.1, 0.15) is 0 Å². The highest BCUT2D eigenvalue weighted by Crippen LogP contribution is 2.27. The van der Waals surface area contributed by atoms with E-state index in [0.717, 1.165) is 22.1 Å². The summed E-state index contributed by atoms with van der Waals surface area (Å²) in [6.45, 7) is 2.11. The van der Waals surface area contributed by atoms with Crippen LogP contribution < -0.4 is 10.6 Å². The maximum Gasteiger partial charge on any atom is 0.411 e. The summed E-state index contributed by atoms with van der Waals surface area (Å²) in [7, 11) is 0. The zero-order valence-electron chi connectivity index (χ0n) is 13.0. The second-order valence-corrected chi connectivity index (χ2v) is 5.69. The number of nitrogens with one attached hydrogen (secondary N) is 2. The molecule has 0 spiro atoms. The van der Waals surface area contributed by atoms with E-state index in [-0.39, 0.29) is 0 Å². The van der Waals surface area contributed by atoms with Gasteiger partial charge in [0.05, 0.1) is 24.2 Å². The number of ether oxygens (including phenoxy) is 1. The van der Waals surface area contributed by atoms with Gasteiger partial charge < -0.3 is 10.1 Å². The van der Waals surface area contributed by atoms with Gasteiger partial charge in [-0.2, -0.15) is 0 Å². The normalized spacial score (nSPS) is 10.2. The molecule has 2 heterocycles. The number of benzene rings is 1. The van der Waals surface area contributed by atoms with Gasteiger partial charge in [-0.25, -0.2) is 9.78 Å². The van der Waals surface area contributed by atoms with E-state index in [9.17, 15) is 4.79 Å². The van der Waals surface area contributed by atoms with Crippen molar-refractivity contribution < 1.29 is 9.53 Å². The van der Waals surface area contributed by atoms with Crippen LogP contribution in [0.2, 0.25) is 0 Å². The van der Waals surface area contributed by atoms with Crippen LogP contribution in [-0.2, 0) is 4.74 Å². The molecular weight excluding hydrogens is 324 g/mol. The zero-order chi connectivity index (χ0) is 16.8. The Balaban J connectivity index is 1.67. The molecule has 3 rings (SSSR count). The molecule has 0 atom stereocenters. The Bertz CT molecular complexity index is 803. The Morgan fingerprint density at radius 2 is 2.04 bits per heavy atom. The van der Waals surface area contributed by atoms with E-state index in [0.29, 0.717) is 12.3 Å². The smallest absolute Gasteiger partial charge is 0.411 e. The number of aromatic nitrogens is 2. The van der Waals surface area contributed by atoms with Gasteiger partial charge in [-0.3, -0.25) is 10.3 Å². The average molecular weight is 340 g/mol. The molecule has 122 valence electrons. The lowest BCUT2D eigenvalue weighted by Crippen LogP contribution is -2.12. The summed E-state index contributed by atoms with van der Waals surface area (Å²) >= 11 is 1.52. The summed E-state index contributed by atoms with van der Waals surface area (Å²) in [5, 5.41) is 8.65. The van der Waals surface area contributed by atoms with Gasteiger partial charge in [-0.05, 0) is 31.2 Å².